The fourth-order valence-corrected chi connectivity index (χ4v) is 1.21. The molecule has 0 atom stereocenters. The van der Waals surface area contributed by atoms with Crippen molar-refractivity contribution in [3.05, 3.63) is 0 Å². The van der Waals surface area contributed by atoms with Gasteiger partial charge in [0.15, 0.2) is 0 Å². The van der Waals surface area contributed by atoms with Crippen LogP contribution in [-0.2, 0) is 14.5 Å². The standard InChI is InChI=1S/C5H13NO5S.Na.H/c7-3-1-5-11-12(9,10)6-2-4-8;;/h6-8H,1-5H2;;/q;+1;-1. The van der Waals surface area contributed by atoms with E-state index in [-0.39, 0.29) is 63.8 Å². The monoisotopic (exact) mass is 223 g/mol. The predicted octanol–water partition coefficient (Wildman–Crippen LogP) is -4.67. The van der Waals surface area contributed by atoms with Crippen molar-refractivity contribution in [2.75, 3.05) is 26.4 Å². The van der Waals surface area contributed by atoms with Gasteiger partial charge in [0.1, 0.15) is 0 Å². The third kappa shape index (κ3) is 10.7. The third-order valence-corrected chi connectivity index (χ3v) is 1.97. The van der Waals surface area contributed by atoms with Gasteiger partial charge in [-0.3, -0.25) is 4.18 Å². The van der Waals surface area contributed by atoms with Crippen LogP contribution < -0.4 is 34.3 Å². The topological polar surface area (TPSA) is 95.9 Å². The zero-order valence-electron chi connectivity index (χ0n) is 8.56. The van der Waals surface area contributed by atoms with Gasteiger partial charge in [-0.1, -0.05) is 0 Å². The molecule has 0 amide bonds. The normalized spacial score (nSPS) is 10.9. The van der Waals surface area contributed by atoms with Crippen molar-refractivity contribution < 1.29 is 53.8 Å². The van der Waals surface area contributed by atoms with Crippen LogP contribution in [0.2, 0.25) is 0 Å². The Kier molecular flexibility index (Phi) is 11.7. The van der Waals surface area contributed by atoms with Gasteiger partial charge >= 0.3 is 39.9 Å². The maximum absolute atomic E-state index is 10.7. The van der Waals surface area contributed by atoms with Crippen LogP contribution in [0, 0.1) is 0 Å². The first kappa shape index (κ1) is 16.2. The number of aliphatic hydroxyl groups is 2. The molecule has 0 aliphatic heterocycles. The fourth-order valence-electron chi connectivity index (χ4n) is 0.445. The van der Waals surface area contributed by atoms with Crippen LogP contribution in [0.5, 0.6) is 0 Å². The molecule has 0 aromatic heterocycles. The summed E-state index contributed by atoms with van der Waals surface area (Å²) in [6, 6.07) is 0. The van der Waals surface area contributed by atoms with E-state index >= 15 is 0 Å². The SMILES string of the molecule is O=S(=O)(NCCO)OCCCO.[H-].[Na+]. The summed E-state index contributed by atoms with van der Waals surface area (Å²) in [5.41, 5.74) is 0. The van der Waals surface area contributed by atoms with Gasteiger partial charge in [0.2, 0.25) is 0 Å². The molecule has 0 aliphatic rings. The van der Waals surface area contributed by atoms with Gasteiger partial charge in [0.25, 0.3) is 0 Å². The Morgan fingerprint density at radius 1 is 1.31 bits per heavy atom. The quantitative estimate of drug-likeness (QED) is 0.298. The molecule has 0 radical (unpaired) electrons. The Balaban J connectivity index is -0.000000605. The van der Waals surface area contributed by atoms with E-state index in [2.05, 4.69) is 4.18 Å². The molecule has 0 aliphatic carbocycles. The average Bonchev–Trinajstić information content (AvgIpc) is 2.01. The van der Waals surface area contributed by atoms with Crippen molar-refractivity contribution >= 4 is 10.3 Å². The molecule has 0 heterocycles. The van der Waals surface area contributed by atoms with E-state index in [9.17, 15) is 8.42 Å². The van der Waals surface area contributed by atoms with Crippen molar-refractivity contribution in [1.29, 1.82) is 0 Å². The fraction of sp³-hybridized carbons (Fsp3) is 1.00. The summed E-state index contributed by atoms with van der Waals surface area (Å²) in [5, 5.41) is 16.6. The van der Waals surface area contributed by atoms with Crippen LogP contribution in [0.1, 0.15) is 7.85 Å². The predicted molar refractivity (Wildman–Crippen MR) is 42.8 cm³/mol. The number of nitrogens with one attached hydrogen (secondary N) is 1. The minimum atomic E-state index is -3.74. The molecule has 76 valence electrons. The third-order valence-electron chi connectivity index (χ3n) is 0.932. The molecule has 0 rings (SSSR count). The Labute approximate surface area is 101 Å². The average molecular weight is 223 g/mol. The smallest absolute Gasteiger partial charge is 1.00 e. The molecular weight excluding hydrogens is 209 g/mol. The molecular formula is C5H14NNaO5S. The molecule has 13 heavy (non-hydrogen) atoms. The van der Waals surface area contributed by atoms with E-state index in [0.29, 0.717) is 0 Å². The summed E-state index contributed by atoms with van der Waals surface area (Å²) in [4.78, 5) is 0. The molecule has 0 unspecified atom stereocenters. The molecule has 0 saturated heterocycles. The van der Waals surface area contributed by atoms with E-state index in [1.54, 1.807) is 0 Å². The van der Waals surface area contributed by atoms with Gasteiger partial charge in [0, 0.05) is 13.2 Å². The molecule has 0 aromatic carbocycles. The Morgan fingerprint density at radius 3 is 2.38 bits per heavy atom. The summed E-state index contributed by atoms with van der Waals surface area (Å²) in [5.74, 6) is 0. The number of hydrogen-bond acceptors (Lipinski definition) is 5. The van der Waals surface area contributed by atoms with E-state index in [1.165, 1.54) is 0 Å². The van der Waals surface area contributed by atoms with Crippen LogP contribution in [0.15, 0.2) is 0 Å². The van der Waals surface area contributed by atoms with E-state index < -0.39 is 10.3 Å². The van der Waals surface area contributed by atoms with Gasteiger partial charge < -0.3 is 11.6 Å². The van der Waals surface area contributed by atoms with Crippen LogP contribution in [0.3, 0.4) is 0 Å². The molecule has 8 heteroatoms. The Hall–Kier alpha value is 0.790. The molecule has 0 fully saturated rings. The number of hydrogen-bond donors (Lipinski definition) is 3. The number of aliphatic hydroxyl groups excluding tert-OH is 2. The largest absolute Gasteiger partial charge is 1.00 e. The van der Waals surface area contributed by atoms with Crippen molar-refractivity contribution in [1.82, 2.24) is 4.72 Å². The Bertz CT molecular complexity index is 200. The molecule has 6 nitrogen and oxygen atoms in total. The summed E-state index contributed by atoms with van der Waals surface area (Å²) < 4.78 is 27.8. The molecule has 0 bridgehead atoms. The molecule has 0 saturated carbocycles. The van der Waals surface area contributed by atoms with Crippen molar-refractivity contribution in [3.8, 4) is 0 Å². The van der Waals surface area contributed by atoms with Crippen LogP contribution in [-0.4, -0.2) is 45.0 Å². The zero-order valence-corrected chi connectivity index (χ0v) is 10.4. The van der Waals surface area contributed by atoms with Gasteiger partial charge in [0.05, 0.1) is 13.2 Å². The molecule has 3 N–H and O–H groups in total. The second kappa shape index (κ2) is 9.35. The van der Waals surface area contributed by atoms with E-state index in [4.69, 9.17) is 10.2 Å². The van der Waals surface area contributed by atoms with Crippen LogP contribution >= 0.6 is 0 Å². The summed E-state index contributed by atoms with van der Waals surface area (Å²) >= 11 is 0. The van der Waals surface area contributed by atoms with E-state index in [1.807, 2.05) is 4.72 Å². The first-order valence-electron chi connectivity index (χ1n) is 3.48. The zero-order chi connectivity index (χ0) is 9.45. The van der Waals surface area contributed by atoms with Gasteiger partial charge in [-0.15, -0.1) is 0 Å². The number of rotatable bonds is 7. The van der Waals surface area contributed by atoms with Crippen molar-refractivity contribution in [3.63, 3.8) is 0 Å². The second-order valence-electron chi connectivity index (χ2n) is 1.97. The maximum Gasteiger partial charge on any atom is 1.00 e. The second-order valence-corrected chi connectivity index (χ2v) is 3.40. The summed E-state index contributed by atoms with van der Waals surface area (Å²) in [6.07, 6.45) is 0.264. The first-order chi connectivity index (χ1) is 5.62. The van der Waals surface area contributed by atoms with Gasteiger partial charge in [-0.05, 0) is 6.42 Å². The summed E-state index contributed by atoms with van der Waals surface area (Å²) in [6.45, 7) is -0.517. The van der Waals surface area contributed by atoms with Gasteiger partial charge in [-0.2, -0.15) is 13.1 Å². The minimum Gasteiger partial charge on any atom is -1.00 e. The van der Waals surface area contributed by atoms with Crippen LogP contribution in [0.25, 0.3) is 0 Å². The molecule has 0 spiro atoms. The first-order valence-corrected chi connectivity index (χ1v) is 4.89. The molecule has 0 aromatic rings. The summed E-state index contributed by atoms with van der Waals surface area (Å²) in [7, 11) is -3.74. The van der Waals surface area contributed by atoms with Crippen molar-refractivity contribution in [2.24, 2.45) is 0 Å². The van der Waals surface area contributed by atoms with Gasteiger partial charge in [-0.25, -0.2) is 0 Å². The van der Waals surface area contributed by atoms with Crippen LogP contribution in [0.4, 0.5) is 0 Å². The van der Waals surface area contributed by atoms with E-state index in [0.717, 1.165) is 0 Å². The maximum atomic E-state index is 10.7. The van der Waals surface area contributed by atoms with Crippen molar-refractivity contribution in [2.45, 2.75) is 6.42 Å². The Morgan fingerprint density at radius 2 is 1.92 bits per heavy atom. The minimum absolute atomic E-state index is 0.